The lowest BCUT2D eigenvalue weighted by molar-refractivity contribution is 0.0391. The molecule has 0 bridgehead atoms. The number of anilines is 1. The minimum atomic E-state index is -0.0243. The number of aromatic nitrogens is 1. The Labute approximate surface area is 199 Å². The topological polar surface area (TPSA) is 45.7 Å². The molecule has 1 amide bonds. The molecule has 9 heteroatoms. The van der Waals surface area contributed by atoms with Crippen LogP contribution < -0.4 is 4.90 Å². The van der Waals surface area contributed by atoms with Gasteiger partial charge in [-0.15, -0.1) is 24.2 Å². The summed E-state index contributed by atoms with van der Waals surface area (Å²) in [6.07, 6.45) is 2.06. The minimum absolute atomic E-state index is 0. The Morgan fingerprint density at radius 1 is 1.27 bits per heavy atom. The van der Waals surface area contributed by atoms with Gasteiger partial charge in [0.2, 0.25) is 0 Å². The molecule has 5 nitrogen and oxygen atoms in total. The molecular formula is C21H23BrClN3O2S2. The van der Waals surface area contributed by atoms with Crippen molar-refractivity contribution in [1.29, 1.82) is 0 Å². The van der Waals surface area contributed by atoms with Gasteiger partial charge in [0.15, 0.2) is 5.13 Å². The third kappa shape index (κ3) is 5.55. The van der Waals surface area contributed by atoms with Gasteiger partial charge in [-0.3, -0.25) is 14.6 Å². The van der Waals surface area contributed by atoms with Gasteiger partial charge in [0.1, 0.15) is 0 Å². The normalized spacial score (nSPS) is 14.5. The average Bonchev–Trinajstić information content (AvgIpc) is 3.17. The Kier molecular flexibility index (Phi) is 8.56. The molecule has 3 aromatic rings. The van der Waals surface area contributed by atoms with Gasteiger partial charge >= 0.3 is 0 Å². The fourth-order valence-electron chi connectivity index (χ4n) is 3.26. The molecule has 0 spiro atoms. The molecule has 2 aromatic carbocycles. The van der Waals surface area contributed by atoms with E-state index in [0.29, 0.717) is 12.1 Å². The van der Waals surface area contributed by atoms with Crippen LogP contribution in [-0.2, 0) is 4.74 Å². The number of benzene rings is 2. The number of nitrogens with zero attached hydrogens (tertiary/aromatic N) is 3. The van der Waals surface area contributed by atoms with Crippen molar-refractivity contribution in [2.75, 3.05) is 50.5 Å². The van der Waals surface area contributed by atoms with Gasteiger partial charge in [0.05, 0.1) is 23.4 Å². The maximum atomic E-state index is 13.4. The number of fused-ring (bicyclic) bond motifs is 1. The van der Waals surface area contributed by atoms with E-state index in [1.54, 1.807) is 23.1 Å². The summed E-state index contributed by atoms with van der Waals surface area (Å²) in [7, 11) is 0. The monoisotopic (exact) mass is 527 g/mol. The van der Waals surface area contributed by atoms with Crippen LogP contribution in [0.2, 0.25) is 0 Å². The second-order valence-corrected chi connectivity index (χ2v) is 9.56. The highest BCUT2D eigenvalue weighted by Gasteiger charge is 2.23. The quantitative estimate of drug-likeness (QED) is 0.413. The van der Waals surface area contributed by atoms with Gasteiger partial charge in [-0.05, 0) is 42.7 Å². The molecule has 30 heavy (non-hydrogen) atoms. The summed E-state index contributed by atoms with van der Waals surface area (Å²) in [4.78, 5) is 23.5. The van der Waals surface area contributed by atoms with Gasteiger partial charge in [0, 0.05) is 41.1 Å². The molecule has 0 saturated carbocycles. The second kappa shape index (κ2) is 10.9. The Morgan fingerprint density at radius 2 is 2.07 bits per heavy atom. The van der Waals surface area contributed by atoms with Crippen LogP contribution in [0.3, 0.4) is 0 Å². The number of ether oxygens (including phenoxy) is 1. The molecule has 0 radical (unpaired) electrons. The highest BCUT2D eigenvalue weighted by atomic mass is 79.9. The lowest BCUT2D eigenvalue weighted by Gasteiger charge is -2.29. The molecule has 1 saturated heterocycles. The van der Waals surface area contributed by atoms with E-state index >= 15 is 0 Å². The number of amides is 1. The first-order valence-corrected chi connectivity index (χ1v) is 12.3. The summed E-state index contributed by atoms with van der Waals surface area (Å²) in [5, 5.41) is 0.747. The summed E-state index contributed by atoms with van der Waals surface area (Å²) in [6.45, 7) is 4.69. The van der Waals surface area contributed by atoms with Gasteiger partial charge in [0.25, 0.3) is 5.91 Å². The van der Waals surface area contributed by atoms with Crippen molar-refractivity contribution in [3.05, 3.63) is 52.5 Å². The molecule has 1 aliphatic rings. The molecule has 0 unspecified atom stereocenters. The lowest BCUT2D eigenvalue weighted by Crippen LogP contribution is -2.43. The van der Waals surface area contributed by atoms with Crippen LogP contribution in [0.25, 0.3) is 10.2 Å². The summed E-state index contributed by atoms with van der Waals surface area (Å²) in [6, 6.07) is 13.8. The predicted molar refractivity (Wildman–Crippen MR) is 132 cm³/mol. The number of rotatable bonds is 6. The van der Waals surface area contributed by atoms with E-state index in [0.717, 1.165) is 52.7 Å². The summed E-state index contributed by atoms with van der Waals surface area (Å²) in [5.74, 6) is -0.0243. The van der Waals surface area contributed by atoms with Crippen LogP contribution >= 0.6 is 51.4 Å². The Morgan fingerprint density at radius 3 is 2.80 bits per heavy atom. The zero-order valence-corrected chi connectivity index (χ0v) is 20.6. The van der Waals surface area contributed by atoms with Crippen molar-refractivity contribution in [2.24, 2.45) is 0 Å². The second-order valence-electron chi connectivity index (χ2n) is 6.75. The van der Waals surface area contributed by atoms with E-state index in [9.17, 15) is 4.79 Å². The average molecular weight is 529 g/mol. The highest BCUT2D eigenvalue weighted by molar-refractivity contribution is 9.10. The number of thiazole rings is 1. The van der Waals surface area contributed by atoms with Crippen LogP contribution in [0.15, 0.2) is 51.8 Å². The Hall–Kier alpha value is -1.16. The maximum Gasteiger partial charge on any atom is 0.260 e. The first-order chi connectivity index (χ1) is 14.1. The van der Waals surface area contributed by atoms with Gasteiger partial charge in [-0.25, -0.2) is 4.98 Å². The molecule has 0 atom stereocenters. The van der Waals surface area contributed by atoms with Crippen molar-refractivity contribution in [1.82, 2.24) is 9.88 Å². The van der Waals surface area contributed by atoms with E-state index in [2.05, 4.69) is 39.2 Å². The Balaban J connectivity index is 0.00000256. The minimum Gasteiger partial charge on any atom is -0.379 e. The molecule has 4 rings (SSSR count). The smallest absolute Gasteiger partial charge is 0.260 e. The van der Waals surface area contributed by atoms with E-state index in [1.807, 2.05) is 35.2 Å². The molecule has 2 heterocycles. The number of morpholine rings is 1. The highest BCUT2D eigenvalue weighted by Crippen LogP contribution is 2.32. The van der Waals surface area contributed by atoms with Crippen LogP contribution in [0, 0.1) is 0 Å². The van der Waals surface area contributed by atoms with Crippen molar-refractivity contribution in [3.8, 4) is 0 Å². The predicted octanol–water partition coefficient (Wildman–Crippen LogP) is 5.18. The van der Waals surface area contributed by atoms with Crippen molar-refractivity contribution < 1.29 is 9.53 Å². The zero-order valence-electron chi connectivity index (χ0n) is 16.5. The van der Waals surface area contributed by atoms with E-state index < -0.39 is 0 Å². The van der Waals surface area contributed by atoms with Crippen LogP contribution in [0.1, 0.15) is 10.4 Å². The SMILES string of the molecule is CSc1ccc2nc(N(CCN3CCOCC3)C(=O)c3cccc(Br)c3)sc2c1.Cl. The Bertz CT molecular complexity index is 1010. The molecule has 1 aliphatic heterocycles. The number of carbonyl (C=O) groups is 1. The molecule has 1 fully saturated rings. The van der Waals surface area contributed by atoms with Gasteiger partial charge < -0.3 is 4.74 Å². The third-order valence-corrected chi connectivity index (χ3v) is 7.14. The molecular weight excluding hydrogens is 506 g/mol. The number of thioether (sulfide) groups is 1. The standard InChI is InChI=1S/C21H22BrN3O2S2.ClH/c1-28-17-5-6-18-19(14-17)29-21(23-18)25(8-7-24-9-11-27-12-10-24)20(26)15-3-2-4-16(22)13-15;/h2-6,13-14H,7-12H2,1H3;1H. The summed E-state index contributed by atoms with van der Waals surface area (Å²) >= 11 is 6.76. The first-order valence-electron chi connectivity index (χ1n) is 9.46. The van der Waals surface area contributed by atoms with Gasteiger partial charge in [-0.2, -0.15) is 0 Å². The van der Waals surface area contributed by atoms with Crippen LogP contribution in [0.4, 0.5) is 5.13 Å². The molecule has 1 aromatic heterocycles. The van der Waals surface area contributed by atoms with E-state index in [1.165, 1.54) is 4.90 Å². The lowest BCUT2D eigenvalue weighted by atomic mass is 10.2. The van der Waals surface area contributed by atoms with Crippen molar-refractivity contribution in [3.63, 3.8) is 0 Å². The molecule has 160 valence electrons. The zero-order chi connectivity index (χ0) is 20.2. The first kappa shape index (κ1) is 23.5. The van der Waals surface area contributed by atoms with Crippen LogP contribution in [-0.4, -0.2) is 61.4 Å². The summed E-state index contributed by atoms with van der Waals surface area (Å²) < 4.78 is 7.44. The van der Waals surface area contributed by atoms with Crippen LogP contribution in [0.5, 0.6) is 0 Å². The maximum absolute atomic E-state index is 13.4. The number of hydrogen-bond acceptors (Lipinski definition) is 6. The van der Waals surface area contributed by atoms with Crippen molar-refractivity contribution >= 4 is 72.7 Å². The van der Waals surface area contributed by atoms with Crippen molar-refractivity contribution in [2.45, 2.75) is 4.90 Å². The fourth-order valence-corrected chi connectivity index (χ4v) is 5.21. The third-order valence-electron chi connectivity index (χ3n) is 4.88. The number of hydrogen-bond donors (Lipinski definition) is 0. The van der Waals surface area contributed by atoms with E-state index in [-0.39, 0.29) is 18.3 Å². The molecule has 0 N–H and O–H groups in total. The number of halogens is 2. The molecule has 0 aliphatic carbocycles. The van der Waals surface area contributed by atoms with E-state index in [4.69, 9.17) is 9.72 Å². The summed E-state index contributed by atoms with van der Waals surface area (Å²) in [5.41, 5.74) is 1.59. The fraction of sp³-hybridized carbons (Fsp3) is 0.333. The number of carbonyl (C=O) groups excluding carboxylic acids is 1. The largest absolute Gasteiger partial charge is 0.379 e. The van der Waals surface area contributed by atoms with Gasteiger partial charge in [-0.1, -0.05) is 33.3 Å².